The molecule has 1 aromatic carbocycles. The first kappa shape index (κ1) is 13.2. The van der Waals surface area contributed by atoms with Gasteiger partial charge in [0.2, 0.25) is 0 Å². The number of hydrogen-bond acceptors (Lipinski definition) is 2. The maximum absolute atomic E-state index is 13.3. The number of nitrogens with one attached hydrogen (secondary N) is 1. The molecule has 0 spiro atoms. The molecule has 19 heavy (non-hydrogen) atoms. The van der Waals surface area contributed by atoms with Gasteiger partial charge < -0.3 is 9.55 Å². The maximum Gasteiger partial charge on any atom is 0.178 e. The number of aromatic amines is 1. The number of imidazole rings is 1. The van der Waals surface area contributed by atoms with Gasteiger partial charge in [0.15, 0.2) is 4.77 Å². The van der Waals surface area contributed by atoms with Gasteiger partial charge in [-0.15, -0.1) is 0 Å². The summed E-state index contributed by atoms with van der Waals surface area (Å²) in [6.45, 7) is 0. The second-order valence-electron chi connectivity index (χ2n) is 5.09. The Balaban J connectivity index is 2.13. The molecule has 1 saturated carbocycles. The molecule has 1 heterocycles. The number of nitrogens with zero attached hydrogens (tertiary/aromatic N) is 1. The van der Waals surface area contributed by atoms with Crippen molar-refractivity contribution >= 4 is 35.0 Å². The number of fused-ring (bicyclic) bond motifs is 1. The Kier molecular flexibility index (Phi) is 3.67. The Morgan fingerprint density at radius 3 is 2.95 bits per heavy atom. The van der Waals surface area contributed by atoms with E-state index in [2.05, 4.69) is 15.8 Å². The van der Waals surface area contributed by atoms with Crippen LogP contribution in [0.5, 0.6) is 0 Å². The fourth-order valence-corrected chi connectivity index (χ4v) is 4.40. The van der Waals surface area contributed by atoms with Crippen molar-refractivity contribution in [3.05, 3.63) is 28.8 Å². The van der Waals surface area contributed by atoms with Gasteiger partial charge in [-0.25, -0.2) is 4.39 Å². The first-order chi connectivity index (χ1) is 9.20. The lowest BCUT2D eigenvalue weighted by Crippen LogP contribution is -2.25. The highest BCUT2D eigenvalue weighted by Gasteiger charge is 2.27. The van der Waals surface area contributed by atoms with Crippen molar-refractivity contribution < 1.29 is 4.39 Å². The van der Waals surface area contributed by atoms with Crippen molar-refractivity contribution in [2.24, 2.45) is 0 Å². The van der Waals surface area contributed by atoms with Gasteiger partial charge in [0.25, 0.3) is 0 Å². The molecule has 102 valence electrons. The van der Waals surface area contributed by atoms with E-state index in [0.29, 0.717) is 16.1 Å². The molecule has 2 aromatic rings. The third-order valence-electron chi connectivity index (χ3n) is 3.98. The molecule has 2 nitrogen and oxygen atoms in total. The minimum Gasteiger partial charge on any atom is -0.330 e. The van der Waals surface area contributed by atoms with Crippen LogP contribution in [-0.2, 0) is 0 Å². The molecule has 0 bridgehead atoms. The summed E-state index contributed by atoms with van der Waals surface area (Å²) in [7, 11) is 0. The van der Waals surface area contributed by atoms with Crippen LogP contribution >= 0.6 is 24.0 Å². The molecule has 1 aliphatic carbocycles. The van der Waals surface area contributed by atoms with Gasteiger partial charge in [0.05, 0.1) is 11.0 Å². The molecule has 1 fully saturated rings. The smallest absolute Gasteiger partial charge is 0.178 e. The van der Waals surface area contributed by atoms with Gasteiger partial charge in [-0.2, -0.15) is 11.8 Å². The van der Waals surface area contributed by atoms with Gasteiger partial charge >= 0.3 is 0 Å². The molecule has 2 unspecified atom stereocenters. The third-order valence-corrected chi connectivity index (χ3v) is 5.43. The molecule has 2 atom stereocenters. The van der Waals surface area contributed by atoms with Gasteiger partial charge in [0, 0.05) is 11.3 Å². The molecule has 0 radical (unpaired) electrons. The first-order valence-corrected chi connectivity index (χ1v) is 8.33. The Morgan fingerprint density at radius 2 is 2.16 bits per heavy atom. The van der Waals surface area contributed by atoms with Crippen LogP contribution in [0.1, 0.15) is 31.7 Å². The van der Waals surface area contributed by atoms with E-state index in [1.165, 1.54) is 31.4 Å². The number of H-pyrrole nitrogens is 1. The van der Waals surface area contributed by atoms with E-state index in [1.807, 2.05) is 17.8 Å². The van der Waals surface area contributed by atoms with Crippen molar-refractivity contribution in [2.75, 3.05) is 6.26 Å². The van der Waals surface area contributed by atoms with Crippen LogP contribution < -0.4 is 0 Å². The van der Waals surface area contributed by atoms with E-state index in [1.54, 1.807) is 0 Å². The zero-order chi connectivity index (χ0) is 13.4. The van der Waals surface area contributed by atoms with Crippen LogP contribution in [0.2, 0.25) is 0 Å². The second kappa shape index (κ2) is 5.29. The SMILES string of the molecule is CSC1CCCCC1n1c(=S)[nH]c2cc(F)ccc21. The van der Waals surface area contributed by atoms with Gasteiger partial charge in [-0.05, 0) is 49.5 Å². The van der Waals surface area contributed by atoms with Gasteiger partial charge in [-0.1, -0.05) is 12.8 Å². The Morgan fingerprint density at radius 1 is 1.37 bits per heavy atom. The number of halogens is 1. The summed E-state index contributed by atoms with van der Waals surface area (Å²) in [6.07, 6.45) is 7.11. The molecular weight excluding hydrogens is 279 g/mol. The van der Waals surface area contributed by atoms with Crippen molar-refractivity contribution in [3.63, 3.8) is 0 Å². The summed E-state index contributed by atoms with van der Waals surface area (Å²) in [5.74, 6) is -0.221. The molecule has 0 amide bonds. The van der Waals surface area contributed by atoms with Crippen molar-refractivity contribution in [3.8, 4) is 0 Å². The van der Waals surface area contributed by atoms with Gasteiger partial charge in [0.1, 0.15) is 5.82 Å². The predicted octanol–water partition coefficient (Wildman–Crippen LogP) is 4.68. The summed E-state index contributed by atoms with van der Waals surface area (Å²) < 4.78 is 16.2. The summed E-state index contributed by atoms with van der Waals surface area (Å²) in [4.78, 5) is 3.14. The van der Waals surface area contributed by atoms with Crippen LogP contribution in [0.25, 0.3) is 11.0 Å². The number of hydrogen-bond donors (Lipinski definition) is 1. The van der Waals surface area contributed by atoms with Crippen LogP contribution in [0.3, 0.4) is 0 Å². The highest BCUT2D eigenvalue weighted by molar-refractivity contribution is 7.99. The fourth-order valence-electron chi connectivity index (χ4n) is 3.08. The second-order valence-corrected chi connectivity index (χ2v) is 6.55. The zero-order valence-electron chi connectivity index (χ0n) is 10.9. The monoisotopic (exact) mass is 296 g/mol. The summed E-state index contributed by atoms with van der Waals surface area (Å²) in [6, 6.07) is 5.30. The average molecular weight is 296 g/mol. The van der Waals surface area contributed by atoms with E-state index in [0.717, 1.165) is 17.5 Å². The van der Waals surface area contributed by atoms with E-state index in [-0.39, 0.29) is 5.82 Å². The lowest BCUT2D eigenvalue weighted by atomic mass is 9.94. The maximum atomic E-state index is 13.3. The minimum absolute atomic E-state index is 0.221. The molecule has 1 N–H and O–H groups in total. The van der Waals surface area contributed by atoms with Gasteiger partial charge in [-0.3, -0.25) is 0 Å². The van der Waals surface area contributed by atoms with Crippen LogP contribution in [-0.4, -0.2) is 21.1 Å². The largest absolute Gasteiger partial charge is 0.330 e. The molecule has 1 aliphatic rings. The fraction of sp³-hybridized carbons (Fsp3) is 0.500. The van der Waals surface area contributed by atoms with Crippen LogP contribution in [0.4, 0.5) is 4.39 Å². The quantitative estimate of drug-likeness (QED) is 0.812. The third kappa shape index (κ3) is 2.34. The topological polar surface area (TPSA) is 20.7 Å². The van der Waals surface area contributed by atoms with Crippen LogP contribution in [0, 0.1) is 10.6 Å². The normalized spacial score (nSPS) is 23.9. The number of thioether (sulfide) groups is 1. The molecule has 5 heteroatoms. The Bertz CT molecular complexity index is 646. The minimum atomic E-state index is -0.221. The number of aromatic nitrogens is 2. The van der Waals surface area contributed by atoms with Crippen LogP contribution in [0.15, 0.2) is 18.2 Å². The molecular formula is C14H17FN2S2. The number of benzene rings is 1. The van der Waals surface area contributed by atoms with E-state index in [4.69, 9.17) is 12.2 Å². The molecule has 3 rings (SSSR count). The van der Waals surface area contributed by atoms with Crippen molar-refractivity contribution in [1.82, 2.24) is 9.55 Å². The Hall–Kier alpha value is -0.810. The molecule has 1 aromatic heterocycles. The summed E-state index contributed by atoms with van der Waals surface area (Å²) in [5, 5.41) is 0.601. The summed E-state index contributed by atoms with van der Waals surface area (Å²) in [5.41, 5.74) is 1.83. The summed E-state index contributed by atoms with van der Waals surface area (Å²) >= 11 is 7.37. The Labute approximate surface area is 121 Å². The molecule has 0 aliphatic heterocycles. The predicted molar refractivity (Wildman–Crippen MR) is 81.9 cm³/mol. The zero-order valence-corrected chi connectivity index (χ0v) is 12.5. The lowest BCUT2D eigenvalue weighted by molar-refractivity contribution is 0.369. The van der Waals surface area contributed by atoms with E-state index < -0.39 is 0 Å². The highest BCUT2D eigenvalue weighted by Crippen LogP contribution is 2.37. The van der Waals surface area contributed by atoms with E-state index >= 15 is 0 Å². The average Bonchev–Trinajstić information content (AvgIpc) is 2.73. The lowest BCUT2D eigenvalue weighted by Gasteiger charge is -2.31. The first-order valence-electron chi connectivity index (χ1n) is 6.63. The number of rotatable bonds is 2. The standard InChI is InChI=1S/C14H17FN2S2/c1-19-13-5-3-2-4-12(13)17-11-7-6-9(15)8-10(11)16-14(17)18/h6-8,12-13H,2-5H2,1H3,(H,16,18). The van der Waals surface area contributed by atoms with E-state index in [9.17, 15) is 4.39 Å². The van der Waals surface area contributed by atoms with Crippen molar-refractivity contribution in [1.29, 1.82) is 0 Å². The highest BCUT2D eigenvalue weighted by atomic mass is 32.2. The van der Waals surface area contributed by atoms with Crippen molar-refractivity contribution in [2.45, 2.75) is 37.0 Å². The molecule has 0 saturated heterocycles.